The molecule has 0 spiro atoms. The minimum Gasteiger partial charge on any atom is -0.383 e. The molecule has 0 bridgehead atoms. The Kier molecular flexibility index (Phi) is 8.42. The molecule has 1 aliphatic rings. The Morgan fingerprint density at radius 1 is 0.902 bits per heavy atom. The number of anilines is 1. The van der Waals surface area contributed by atoms with Crippen LogP contribution in [0.3, 0.4) is 0 Å². The number of nitrogens with two attached hydrogens (primary N) is 2. The largest absolute Gasteiger partial charge is 0.383 e. The number of benzene rings is 3. The number of carbonyl (C=O) groups is 2. The molecule has 4 aromatic heterocycles. The number of pyridine rings is 2. The Labute approximate surface area is 295 Å². The van der Waals surface area contributed by atoms with Crippen LogP contribution in [-0.2, 0) is 6.54 Å². The number of hydrogen-bond donors (Lipinski definition) is 3. The molecule has 0 aliphatic carbocycles. The highest BCUT2D eigenvalue weighted by molar-refractivity contribution is 7.20. The van der Waals surface area contributed by atoms with Crippen molar-refractivity contribution in [3.63, 3.8) is 0 Å². The van der Waals surface area contributed by atoms with E-state index < -0.39 is 17.6 Å². The predicted molar refractivity (Wildman–Crippen MR) is 196 cm³/mol. The summed E-state index contributed by atoms with van der Waals surface area (Å²) >= 11 is 0.995. The van der Waals surface area contributed by atoms with Crippen molar-refractivity contribution in [2.24, 2.45) is 5.73 Å². The first-order valence-corrected chi connectivity index (χ1v) is 17.3. The Morgan fingerprint density at radius 3 is 2.43 bits per heavy atom. The number of nitrogens with zero attached hydrogens (tertiary/aromatic N) is 6. The van der Waals surface area contributed by atoms with Gasteiger partial charge in [0.05, 0.1) is 27.0 Å². The fraction of sp³-hybridized carbons (Fsp3) is 0.158. The van der Waals surface area contributed by atoms with E-state index in [0.29, 0.717) is 22.0 Å². The first-order valence-electron chi connectivity index (χ1n) is 16.5. The van der Waals surface area contributed by atoms with Crippen molar-refractivity contribution in [1.82, 2.24) is 34.7 Å². The van der Waals surface area contributed by atoms with Gasteiger partial charge in [-0.25, -0.2) is 24.3 Å². The number of imidazole rings is 1. The minimum atomic E-state index is -0.714. The van der Waals surface area contributed by atoms with Gasteiger partial charge in [-0.15, -0.1) is 11.3 Å². The van der Waals surface area contributed by atoms with Gasteiger partial charge in [-0.2, -0.15) is 0 Å². The van der Waals surface area contributed by atoms with E-state index in [1.165, 1.54) is 12.1 Å². The molecule has 5 heterocycles. The molecule has 0 saturated carbocycles. The van der Waals surface area contributed by atoms with E-state index in [0.717, 1.165) is 77.4 Å². The summed E-state index contributed by atoms with van der Waals surface area (Å²) in [6, 6.07) is 28.4. The highest BCUT2D eigenvalue weighted by atomic mass is 32.1. The lowest BCUT2D eigenvalue weighted by molar-refractivity contribution is 0.0909. The van der Waals surface area contributed by atoms with Crippen molar-refractivity contribution in [1.29, 1.82) is 0 Å². The van der Waals surface area contributed by atoms with Crippen LogP contribution in [0.25, 0.3) is 49.7 Å². The summed E-state index contributed by atoms with van der Waals surface area (Å²) in [6.45, 7) is 2.30. The van der Waals surface area contributed by atoms with Crippen molar-refractivity contribution in [3.8, 4) is 28.3 Å². The fourth-order valence-electron chi connectivity index (χ4n) is 6.54. The normalized spacial score (nSPS) is 13.9. The molecule has 1 aliphatic heterocycles. The second kappa shape index (κ2) is 13.3. The van der Waals surface area contributed by atoms with Crippen molar-refractivity contribution in [3.05, 3.63) is 119 Å². The highest BCUT2D eigenvalue weighted by Crippen LogP contribution is 2.32. The summed E-state index contributed by atoms with van der Waals surface area (Å²) < 4.78 is 16.8. The summed E-state index contributed by atoms with van der Waals surface area (Å²) in [5, 5.41) is 3.09. The van der Waals surface area contributed by atoms with Crippen molar-refractivity contribution < 1.29 is 14.0 Å². The third-order valence-corrected chi connectivity index (χ3v) is 10.2. The van der Waals surface area contributed by atoms with Crippen LogP contribution < -0.4 is 16.8 Å². The molecule has 0 unspecified atom stereocenters. The van der Waals surface area contributed by atoms with E-state index in [1.807, 2.05) is 59.2 Å². The van der Waals surface area contributed by atoms with Crippen LogP contribution in [0.4, 0.5) is 10.2 Å². The Bertz CT molecular complexity index is 2420. The molecule has 0 radical (unpaired) electrons. The molecule has 254 valence electrons. The summed E-state index contributed by atoms with van der Waals surface area (Å²) in [5.41, 5.74) is 18.2. The number of piperidine rings is 1. The minimum absolute atomic E-state index is 0.0388. The summed E-state index contributed by atoms with van der Waals surface area (Å²) in [6.07, 6.45) is 3.14. The number of thiazole rings is 1. The first-order chi connectivity index (χ1) is 24.8. The number of amides is 2. The van der Waals surface area contributed by atoms with Crippen LogP contribution >= 0.6 is 11.3 Å². The average molecular weight is 698 g/mol. The summed E-state index contributed by atoms with van der Waals surface area (Å²) in [7, 11) is 0. The number of halogens is 1. The van der Waals surface area contributed by atoms with Crippen molar-refractivity contribution >= 4 is 50.3 Å². The number of hydrogen-bond acceptors (Lipinski definition) is 9. The third kappa shape index (κ3) is 6.40. The Balaban J connectivity index is 0.986. The molecule has 51 heavy (non-hydrogen) atoms. The predicted octanol–water partition coefficient (Wildman–Crippen LogP) is 5.97. The molecule has 0 atom stereocenters. The monoisotopic (exact) mass is 697 g/mol. The third-order valence-electron chi connectivity index (χ3n) is 9.09. The van der Waals surface area contributed by atoms with Gasteiger partial charge in [-0.05, 0) is 60.9 Å². The maximum Gasteiger partial charge on any atom is 0.277 e. The van der Waals surface area contributed by atoms with Gasteiger partial charge in [0.1, 0.15) is 17.2 Å². The second-order valence-electron chi connectivity index (χ2n) is 12.5. The van der Waals surface area contributed by atoms with Crippen LogP contribution in [0.15, 0.2) is 97.2 Å². The van der Waals surface area contributed by atoms with Crippen LogP contribution in [0.5, 0.6) is 0 Å². The number of aromatic nitrogens is 5. The van der Waals surface area contributed by atoms with Crippen molar-refractivity contribution in [2.45, 2.75) is 25.4 Å². The molecule has 13 heteroatoms. The van der Waals surface area contributed by atoms with Gasteiger partial charge in [0.25, 0.3) is 11.8 Å². The lowest BCUT2D eigenvalue weighted by Crippen LogP contribution is -2.44. The van der Waals surface area contributed by atoms with E-state index in [-0.39, 0.29) is 22.1 Å². The zero-order valence-electron chi connectivity index (χ0n) is 27.3. The molecular formula is C38H32FN9O2S. The van der Waals surface area contributed by atoms with Crippen LogP contribution in [0.2, 0.25) is 0 Å². The Hall–Kier alpha value is -6.05. The van der Waals surface area contributed by atoms with Crippen LogP contribution in [0.1, 0.15) is 38.6 Å². The van der Waals surface area contributed by atoms with E-state index in [4.69, 9.17) is 21.4 Å². The van der Waals surface area contributed by atoms with Gasteiger partial charge >= 0.3 is 0 Å². The molecule has 3 aromatic carbocycles. The fourth-order valence-corrected chi connectivity index (χ4v) is 7.45. The lowest BCUT2D eigenvalue weighted by Gasteiger charge is -2.32. The number of fused-ring (bicyclic) bond motifs is 2. The summed E-state index contributed by atoms with van der Waals surface area (Å²) in [4.78, 5) is 45.6. The SMILES string of the molecule is NC(=O)c1nc2cc(F)cc(C(=O)NC3CCN(Cc4ccc(-n5c(-c6cccnc6N)nc6ccc(-c7ccccc7)nc65)cc4)CC3)c2s1. The van der Waals surface area contributed by atoms with Gasteiger partial charge < -0.3 is 16.8 Å². The highest BCUT2D eigenvalue weighted by Gasteiger charge is 2.24. The van der Waals surface area contributed by atoms with E-state index in [2.05, 4.69) is 44.5 Å². The van der Waals surface area contributed by atoms with Gasteiger partial charge in [0, 0.05) is 49.2 Å². The molecule has 8 rings (SSSR count). The summed E-state index contributed by atoms with van der Waals surface area (Å²) in [5.74, 6) is -0.652. The molecule has 7 aromatic rings. The van der Waals surface area contributed by atoms with E-state index in [1.54, 1.807) is 6.20 Å². The number of primary amides is 1. The molecule has 2 amide bonds. The first kappa shape index (κ1) is 32.2. The standard InChI is InChI=1S/C38H32FN9O2S/c39-24-19-28(32-31(20-24)46-38(51-32)34(41)49)37(50)43-25-14-17-47(18-15-25)21-22-8-10-26(11-9-22)48-35(27-7-4-16-42-33(27)40)45-30-13-12-29(44-36(30)48)23-5-2-1-3-6-23/h1-13,16,19-20,25H,14-15,17-18,21H2,(H2,40,42)(H2,41,49)(H,43,50). The molecule has 11 nitrogen and oxygen atoms in total. The molecular weight excluding hydrogens is 666 g/mol. The van der Waals surface area contributed by atoms with Crippen molar-refractivity contribution in [2.75, 3.05) is 18.8 Å². The Morgan fingerprint density at radius 2 is 1.69 bits per heavy atom. The maximum atomic E-state index is 14.3. The zero-order valence-corrected chi connectivity index (χ0v) is 28.1. The smallest absolute Gasteiger partial charge is 0.277 e. The molecule has 5 N–H and O–H groups in total. The van der Waals surface area contributed by atoms with Gasteiger partial charge in [0.2, 0.25) is 0 Å². The van der Waals surface area contributed by atoms with Gasteiger partial charge in [-0.3, -0.25) is 19.1 Å². The molecule has 1 saturated heterocycles. The second-order valence-corrected chi connectivity index (χ2v) is 13.5. The lowest BCUT2D eigenvalue weighted by atomic mass is 10.0. The average Bonchev–Trinajstić information content (AvgIpc) is 3.75. The topological polar surface area (TPSA) is 158 Å². The van der Waals surface area contributed by atoms with E-state index >= 15 is 0 Å². The number of rotatable bonds is 8. The maximum absolute atomic E-state index is 14.3. The zero-order chi connectivity index (χ0) is 35.1. The molecule has 1 fully saturated rings. The number of carbonyl (C=O) groups excluding carboxylic acids is 2. The van der Waals surface area contributed by atoms with E-state index in [9.17, 15) is 14.0 Å². The number of nitrogens with one attached hydrogen (secondary N) is 1. The number of likely N-dealkylation sites (tertiary alicyclic amines) is 1. The number of nitrogen functional groups attached to an aromatic ring is 1. The van der Waals surface area contributed by atoms with Gasteiger partial charge in [0.15, 0.2) is 16.5 Å². The van der Waals surface area contributed by atoms with Crippen LogP contribution in [0, 0.1) is 5.82 Å². The van der Waals surface area contributed by atoms with Crippen LogP contribution in [-0.4, -0.2) is 60.3 Å². The van der Waals surface area contributed by atoms with Gasteiger partial charge in [-0.1, -0.05) is 42.5 Å². The quantitative estimate of drug-likeness (QED) is 0.175.